The van der Waals surface area contributed by atoms with Crippen molar-refractivity contribution in [3.05, 3.63) is 59.4 Å². The zero-order chi connectivity index (χ0) is 15.5. The fourth-order valence-electron chi connectivity index (χ4n) is 2.16. The third kappa shape index (κ3) is 3.07. The summed E-state index contributed by atoms with van der Waals surface area (Å²) >= 11 is 1.59. The number of benzene rings is 1. The van der Waals surface area contributed by atoms with E-state index in [0.29, 0.717) is 12.1 Å². The average molecular weight is 312 g/mol. The lowest BCUT2D eigenvalue weighted by Gasteiger charge is -2.14. The molecular weight excluding hydrogens is 296 g/mol. The van der Waals surface area contributed by atoms with Crippen molar-refractivity contribution in [1.29, 1.82) is 0 Å². The summed E-state index contributed by atoms with van der Waals surface area (Å²) in [6.07, 6.45) is 3.30. The molecule has 0 fully saturated rings. The van der Waals surface area contributed by atoms with E-state index in [9.17, 15) is 4.79 Å². The van der Waals surface area contributed by atoms with Crippen LogP contribution >= 0.6 is 11.3 Å². The van der Waals surface area contributed by atoms with Crippen molar-refractivity contribution in [2.75, 3.05) is 7.05 Å². The topological polar surface area (TPSA) is 51.0 Å². The van der Waals surface area contributed by atoms with Crippen LogP contribution in [0.1, 0.15) is 16.1 Å². The molecule has 0 atom stereocenters. The van der Waals surface area contributed by atoms with Gasteiger partial charge in [0.15, 0.2) is 0 Å². The zero-order valence-corrected chi connectivity index (χ0v) is 13.2. The standard InChI is InChI=1S/C16H16N4OS/c1-19(16(21)13-8-17-20(2)9-13)10-14-11-22-15(18-14)12-6-4-3-5-7-12/h3-9,11H,10H2,1-2H3. The molecule has 0 saturated heterocycles. The molecule has 3 rings (SSSR count). The first kappa shape index (κ1) is 14.5. The van der Waals surface area contributed by atoms with Crippen molar-refractivity contribution in [2.24, 2.45) is 7.05 Å². The van der Waals surface area contributed by atoms with Gasteiger partial charge < -0.3 is 4.90 Å². The molecule has 112 valence electrons. The van der Waals surface area contributed by atoms with Gasteiger partial charge in [-0.1, -0.05) is 30.3 Å². The molecule has 6 heteroatoms. The molecule has 0 aliphatic heterocycles. The predicted molar refractivity (Wildman–Crippen MR) is 86.6 cm³/mol. The van der Waals surface area contributed by atoms with Crippen molar-refractivity contribution in [3.63, 3.8) is 0 Å². The van der Waals surface area contributed by atoms with Crippen LogP contribution in [-0.2, 0) is 13.6 Å². The van der Waals surface area contributed by atoms with E-state index in [-0.39, 0.29) is 5.91 Å². The number of amides is 1. The SMILES string of the molecule is CN(Cc1csc(-c2ccccc2)n1)C(=O)c1cnn(C)c1. The quantitative estimate of drug-likeness (QED) is 0.744. The Balaban J connectivity index is 1.71. The molecule has 0 bridgehead atoms. The van der Waals surface area contributed by atoms with Gasteiger partial charge in [0.2, 0.25) is 0 Å². The van der Waals surface area contributed by atoms with Crippen LogP contribution < -0.4 is 0 Å². The van der Waals surface area contributed by atoms with Crippen molar-refractivity contribution in [2.45, 2.75) is 6.54 Å². The van der Waals surface area contributed by atoms with E-state index in [2.05, 4.69) is 10.1 Å². The second kappa shape index (κ2) is 6.11. The highest BCUT2D eigenvalue weighted by molar-refractivity contribution is 7.13. The van der Waals surface area contributed by atoms with Crippen LogP contribution in [-0.4, -0.2) is 32.6 Å². The first-order chi connectivity index (χ1) is 10.6. The number of aromatic nitrogens is 3. The third-order valence-corrected chi connectivity index (χ3v) is 4.21. The highest BCUT2D eigenvalue weighted by Gasteiger charge is 2.15. The minimum absolute atomic E-state index is 0.0534. The van der Waals surface area contributed by atoms with Crippen molar-refractivity contribution in [3.8, 4) is 10.6 Å². The molecule has 1 amide bonds. The molecule has 0 aliphatic rings. The maximum Gasteiger partial charge on any atom is 0.257 e. The third-order valence-electron chi connectivity index (χ3n) is 3.27. The van der Waals surface area contributed by atoms with E-state index in [1.165, 1.54) is 0 Å². The Labute approximate surface area is 132 Å². The summed E-state index contributed by atoms with van der Waals surface area (Å²) in [5.41, 5.74) is 2.58. The molecule has 1 aromatic carbocycles. The van der Waals surface area contributed by atoms with Crippen LogP contribution in [0.4, 0.5) is 0 Å². The number of hydrogen-bond donors (Lipinski definition) is 0. The van der Waals surface area contributed by atoms with Gasteiger partial charge in [-0.15, -0.1) is 11.3 Å². The van der Waals surface area contributed by atoms with Gasteiger partial charge in [-0.05, 0) is 0 Å². The molecule has 22 heavy (non-hydrogen) atoms. The number of nitrogens with zero attached hydrogens (tertiary/aromatic N) is 4. The first-order valence-electron chi connectivity index (χ1n) is 6.87. The van der Waals surface area contributed by atoms with Gasteiger partial charge in [0.1, 0.15) is 5.01 Å². The Morgan fingerprint density at radius 2 is 2.09 bits per heavy atom. The Hall–Kier alpha value is -2.47. The molecule has 2 aromatic heterocycles. The van der Waals surface area contributed by atoms with E-state index in [0.717, 1.165) is 16.3 Å². The van der Waals surface area contributed by atoms with Crippen molar-refractivity contribution in [1.82, 2.24) is 19.7 Å². The normalized spacial score (nSPS) is 10.6. The lowest BCUT2D eigenvalue weighted by Crippen LogP contribution is -2.26. The van der Waals surface area contributed by atoms with Crippen molar-refractivity contribution < 1.29 is 4.79 Å². The summed E-state index contributed by atoms with van der Waals surface area (Å²) in [6.45, 7) is 0.483. The van der Waals surface area contributed by atoms with Crippen LogP contribution in [0.5, 0.6) is 0 Å². The maximum absolute atomic E-state index is 12.3. The van der Waals surface area contributed by atoms with Gasteiger partial charge in [0.05, 0.1) is 24.0 Å². The molecule has 0 spiro atoms. The van der Waals surface area contributed by atoms with E-state index in [1.807, 2.05) is 35.7 Å². The fourth-order valence-corrected chi connectivity index (χ4v) is 2.98. The first-order valence-corrected chi connectivity index (χ1v) is 7.75. The Bertz CT molecular complexity index is 778. The highest BCUT2D eigenvalue weighted by Crippen LogP contribution is 2.23. The highest BCUT2D eigenvalue weighted by atomic mass is 32.1. The Morgan fingerprint density at radius 3 is 2.77 bits per heavy atom. The Kier molecular flexibility index (Phi) is 4.02. The van der Waals surface area contributed by atoms with Crippen LogP contribution in [0, 0.1) is 0 Å². The number of aryl methyl sites for hydroxylation is 1. The monoisotopic (exact) mass is 312 g/mol. The van der Waals surface area contributed by atoms with Crippen molar-refractivity contribution >= 4 is 17.2 Å². The van der Waals surface area contributed by atoms with Crippen LogP contribution in [0.3, 0.4) is 0 Å². The number of carbonyl (C=O) groups is 1. The number of hydrogen-bond acceptors (Lipinski definition) is 4. The maximum atomic E-state index is 12.3. The summed E-state index contributed by atoms with van der Waals surface area (Å²) in [4.78, 5) is 18.5. The minimum atomic E-state index is -0.0534. The summed E-state index contributed by atoms with van der Waals surface area (Å²) in [7, 11) is 3.57. The summed E-state index contributed by atoms with van der Waals surface area (Å²) in [5, 5.41) is 6.99. The smallest absolute Gasteiger partial charge is 0.257 e. The molecule has 2 heterocycles. The van der Waals surface area contributed by atoms with Gasteiger partial charge in [0, 0.05) is 31.2 Å². The number of thiazole rings is 1. The molecule has 0 unspecified atom stereocenters. The molecule has 0 N–H and O–H groups in total. The molecule has 0 radical (unpaired) electrons. The van der Waals surface area contributed by atoms with E-state index >= 15 is 0 Å². The van der Waals surface area contributed by atoms with E-state index in [1.54, 1.807) is 47.4 Å². The molecule has 0 aliphatic carbocycles. The minimum Gasteiger partial charge on any atom is -0.336 e. The van der Waals surface area contributed by atoms with Gasteiger partial charge >= 0.3 is 0 Å². The number of carbonyl (C=O) groups excluding carboxylic acids is 1. The molecule has 3 aromatic rings. The van der Waals surface area contributed by atoms with E-state index in [4.69, 9.17) is 0 Å². The van der Waals surface area contributed by atoms with Crippen LogP contribution in [0.15, 0.2) is 48.1 Å². The van der Waals surface area contributed by atoms with Crippen LogP contribution in [0.25, 0.3) is 10.6 Å². The largest absolute Gasteiger partial charge is 0.336 e. The lowest BCUT2D eigenvalue weighted by atomic mass is 10.2. The summed E-state index contributed by atoms with van der Waals surface area (Å²) < 4.78 is 1.62. The van der Waals surface area contributed by atoms with Gasteiger partial charge in [-0.25, -0.2) is 4.98 Å². The second-order valence-corrected chi connectivity index (χ2v) is 5.93. The van der Waals surface area contributed by atoms with E-state index < -0.39 is 0 Å². The molecular formula is C16H16N4OS. The predicted octanol–water partition coefficient (Wildman–Crippen LogP) is 2.82. The average Bonchev–Trinajstić information content (AvgIpc) is 3.16. The zero-order valence-electron chi connectivity index (χ0n) is 12.4. The molecule has 5 nitrogen and oxygen atoms in total. The molecule has 0 saturated carbocycles. The second-order valence-electron chi connectivity index (χ2n) is 5.07. The van der Waals surface area contributed by atoms with Gasteiger partial charge in [-0.3, -0.25) is 9.48 Å². The lowest BCUT2D eigenvalue weighted by molar-refractivity contribution is 0.0783. The number of rotatable bonds is 4. The van der Waals surface area contributed by atoms with Gasteiger partial charge in [0.25, 0.3) is 5.91 Å². The Morgan fingerprint density at radius 1 is 1.32 bits per heavy atom. The summed E-state index contributed by atoms with van der Waals surface area (Å²) in [6, 6.07) is 10.0. The van der Waals surface area contributed by atoms with Gasteiger partial charge in [-0.2, -0.15) is 5.10 Å². The summed E-state index contributed by atoms with van der Waals surface area (Å²) in [5.74, 6) is -0.0534. The van der Waals surface area contributed by atoms with Crippen LogP contribution in [0.2, 0.25) is 0 Å². The fraction of sp³-hybridized carbons (Fsp3) is 0.188.